The fourth-order valence-corrected chi connectivity index (χ4v) is 3.34. The Morgan fingerprint density at radius 2 is 1.75 bits per heavy atom. The highest BCUT2D eigenvalue weighted by atomic mass is 32.2. The van der Waals surface area contributed by atoms with Crippen LogP contribution in [0.2, 0.25) is 0 Å². The molecule has 0 aliphatic carbocycles. The number of halogens is 3. The van der Waals surface area contributed by atoms with Crippen LogP contribution in [-0.2, 0) is 25.8 Å². The molecule has 1 fully saturated rings. The number of carbonyl (C=O) groups is 1. The second-order valence-electron chi connectivity index (χ2n) is 4.90. The largest absolute Gasteiger partial charge is 0.444 e. The van der Waals surface area contributed by atoms with E-state index in [2.05, 4.69) is 8.92 Å². The summed E-state index contributed by atoms with van der Waals surface area (Å²) in [6.07, 6.45) is -7.47. The van der Waals surface area contributed by atoms with E-state index in [4.69, 9.17) is 23.5 Å². The lowest BCUT2D eigenvalue weighted by molar-refractivity contribution is -0.192. The van der Waals surface area contributed by atoms with Crippen molar-refractivity contribution in [1.29, 1.82) is 0 Å². The van der Waals surface area contributed by atoms with Crippen molar-refractivity contribution in [3.63, 3.8) is 0 Å². The molecule has 1 amide bonds. The second-order valence-corrected chi connectivity index (χ2v) is 6.29. The van der Waals surface area contributed by atoms with Crippen LogP contribution in [0, 0.1) is 0 Å². The quantitative estimate of drug-likeness (QED) is 0.715. The number of amides is 1. The fraction of sp³-hybridized carbons (Fsp3) is 0.364. The summed E-state index contributed by atoms with van der Waals surface area (Å²) in [5.41, 5.74) is -3.66. The first kappa shape index (κ1) is 18.7. The molecule has 1 aromatic rings. The number of nitrogens with zero attached hydrogens (tertiary/aromatic N) is 1. The summed E-state index contributed by atoms with van der Waals surface area (Å²) in [6, 6.07) is 7.80. The number of alkyl halides is 3. The zero-order valence-electron chi connectivity index (χ0n) is 11.9. The molecule has 0 saturated carbocycles. The molecule has 0 N–H and O–H groups in total. The van der Waals surface area contributed by atoms with Gasteiger partial charge in [-0.25, -0.2) is 4.79 Å². The minimum absolute atomic E-state index is 0.393. The SMILES string of the molecule is [B]C1([B])OS(=O)(=O)N(C(=O)OCc2ccccc2)[C@]1([B])C(F)(F)F. The van der Waals surface area contributed by atoms with Crippen molar-refractivity contribution in [3.05, 3.63) is 35.9 Å². The average Bonchev–Trinajstić information content (AvgIpc) is 2.58. The van der Waals surface area contributed by atoms with E-state index in [0.29, 0.717) is 5.56 Å². The molecular weight excluding hydrogens is 348 g/mol. The highest BCUT2D eigenvalue weighted by Gasteiger charge is 2.73. The maximum atomic E-state index is 13.3. The second kappa shape index (κ2) is 5.73. The zero-order valence-corrected chi connectivity index (χ0v) is 12.7. The Hall–Kier alpha value is -1.62. The third kappa shape index (κ3) is 2.90. The molecule has 1 atom stereocenters. The smallest absolute Gasteiger partial charge is 0.425 e. The number of hydrogen-bond donors (Lipinski definition) is 0. The van der Waals surface area contributed by atoms with Crippen LogP contribution >= 0.6 is 0 Å². The lowest BCUT2D eigenvalue weighted by atomic mass is 9.47. The highest BCUT2D eigenvalue weighted by molar-refractivity contribution is 7.85. The van der Waals surface area contributed by atoms with Gasteiger partial charge in [0.15, 0.2) is 0 Å². The molecule has 1 heterocycles. The molecule has 13 heteroatoms. The molecule has 0 aromatic heterocycles. The highest BCUT2D eigenvalue weighted by Crippen LogP contribution is 2.47. The van der Waals surface area contributed by atoms with Gasteiger partial charge in [0, 0.05) is 5.40 Å². The molecule has 6 radical (unpaired) electrons. The first-order valence-electron chi connectivity index (χ1n) is 6.23. The van der Waals surface area contributed by atoms with Crippen molar-refractivity contribution in [2.45, 2.75) is 23.6 Å². The van der Waals surface area contributed by atoms with E-state index in [1.54, 1.807) is 18.2 Å². The van der Waals surface area contributed by atoms with Gasteiger partial charge in [0.1, 0.15) is 35.6 Å². The van der Waals surface area contributed by atoms with Gasteiger partial charge in [0.25, 0.3) is 0 Å². The van der Waals surface area contributed by atoms with E-state index in [9.17, 15) is 26.4 Å². The zero-order chi connectivity index (χ0) is 18.4. The summed E-state index contributed by atoms with van der Waals surface area (Å²) < 4.78 is 71.0. The van der Waals surface area contributed by atoms with Crippen molar-refractivity contribution < 1.29 is 35.3 Å². The van der Waals surface area contributed by atoms with Crippen molar-refractivity contribution >= 4 is 39.9 Å². The van der Waals surface area contributed by atoms with Crippen LogP contribution in [0.5, 0.6) is 0 Å². The lowest BCUT2D eigenvalue weighted by Crippen LogP contribution is -2.69. The van der Waals surface area contributed by atoms with Crippen LogP contribution in [0.15, 0.2) is 30.3 Å². The Morgan fingerprint density at radius 3 is 2.25 bits per heavy atom. The summed E-state index contributed by atoms with van der Waals surface area (Å²) >= 11 is 0. The summed E-state index contributed by atoms with van der Waals surface area (Å²) in [7, 11) is 9.80. The standard InChI is InChI=1S/C11H7B3F3NO5S/c12-9(11(15,16)17)10(13,14)23-24(20,21)18(9)8(19)22-6-7-4-2-1-3-5-7/h1-5H,6H2/t9-/m0/s1. The summed E-state index contributed by atoms with van der Waals surface area (Å²) in [4.78, 5) is 11.9. The van der Waals surface area contributed by atoms with Gasteiger partial charge >= 0.3 is 22.6 Å². The fourth-order valence-electron chi connectivity index (χ4n) is 1.96. The maximum absolute atomic E-state index is 13.3. The van der Waals surface area contributed by atoms with Gasteiger partial charge < -0.3 is 4.74 Å². The summed E-state index contributed by atoms with van der Waals surface area (Å²) in [5, 5.41) is -3.43. The predicted molar refractivity (Wildman–Crippen MR) is 77.2 cm³/mol. The van der Waals surface area contributed by atoms with Crippen molar-refractivity contribution in [2.24, 2.45) is 0 Å². The first-order chi connectivity index (χ1) is 10.8. The normalized spacial score (nSPS) is 25.4. The Kier molecular flexibility index (Phi) is 4.47. The Bertz CT molecular complexity index is 743. The molecule has 0 spiro atoms. The topological polar surface area (TPSA) is 72.9 Å². The van der Waals surface area contributed by atoms with Crippen LogP contribution in [-0.4, -0.2) is 59.4 Å². The van der Waals surface area contributed by atoms with E-state index in [1.807, 2.05) is 0 Å². The molecule has 6 nitrogen and oxygen atoms in total. The van der Waals surface area contributed by atoms with Gasteiger partial charge in [-0.1, -0.05) is 30.3 Å². The number of benzene rings is 1. The third-order valence-electron chi connectivity index (χ3n) is 3.19. The Labute approximate surface area is 139 Å². The molecule has 122 valence electrons. The molecule has 1 aliphatic heterocycles. The maximum Gasteiger partial charge on any atom is 0.425 e. The number of rotatable bonds is 2. The molecule has 0 bridgehead atoms. The van der Waals surface area contributed by atoms with Crippen molar-refractivity contribution in [3.8, 4) is 0 Å². The molecular formula is C11H7B3F3NO5S. The number of carbonyl (C=O) groups excluding carboxylic acids is 1. The minimum Gasteiger partial charge on any atom is -0.444 e. The monoisotopic (exact) mass is 355 g/mol. The average molecular weight is 355 g/mol. The van der Waals surface area contributed by atoms with E-state index >= 15 is 0 Å². The summed E-state index contributed by atoms with van der Waals surface area (Å²) in [5.74, 6) is 0. The van der Waals surface area contributed by atoms with Crippen molar-refractivity contribution in [1.82, 2.24) is 4.31 Å². The van der Waals surface area contributed by atoms with E-state index in [-0.39, 0.29) is 0 Å². The van der Waals surface area contributed by atoms with Crippen LogP contribution in [0.1, 0.15) is 5.56 Å². The minimum atomic E-state index is -5.54. The molecule has 1 aromatic carbocycles. The number of ether oxygens (including phenoxy) is 1. The van der Waals surface area contributed by atoms with Crippen LogP contribution in [0.25, 0.3) is 0 Å². The van der Waals surface area contributed by atoms with E-state index in [1.165, 1.54) is 12.1 Å². The molecule has 2 rings (SSSR count). The number of hydrogen-bond acceptors (Lipinski definition) is 5. The van der Waals surface area contributed by atoms with E-state index < -0.39 is 44.3 Å². The predicted octanol–water partition coefficient (Wildman–Crippen LogP) is 0.318. The van der Waals surface area contributed by atoms with Crippen LogP contribution in [0.3, 0.4) is 0 Å². The van der Waals surface area contributed by atoms with Gasteiger partial charge in [0.2, 0.25) is 0 Å². The first-order valence-corrected chi connectivity index (χ1v) is 7.59. The van der Waals surface area contributed by atoms with Gasteiger partial charge in [-0.2, -0.15) is 25.9 Å². The Balaban J connectivity index is 2.36. The molecule has 1 aliphatic rings. The van der Waals surface area contributed by atoms with Gasteiger partial charge in [-0.05, 0) is 5.56 Å². The molecule has 24 heavy (non-hydrogen) atoms. The van der Waals surface area contributed by atoms with Gasteiger partial charge in [-0.3, -0.25) is 4.18 Å². The van der Waals surface area contributed by atoms with Gasteiger partial charge in [0.05, 0.1) is 0 Å². The Morgan fingerprint density at radius 1 is 1.21 bits per heavy atom. The van der Waals surface area contributed by atoms with Crippen LogP contribution < -0.4 is 0 Å². The molecule has 1 saturated heterocycles. The van der Waals surface area contributed by atoms with Crippen molar-refractivity contribution in [2.75, 3.05) is 0 Å². The molecule has 0 unspecified atom stereocenters. The third-order valence-corrected chi connectivity index (χ3v) is 4.56. The lowest BCUT2D eigenvalue weighted by Gasteiger charge is -2.41. The van der Waals surface area contributed by atoms with E-state index in [0.717, 1.165) is 0 Å². The summed E-state index contributed by atoms with van der Waals surface area (Å²) in [6.45, 7) is -0.512. The van der Waals surface area contributed by atoms with Gasteiger partial charge in [-0.15, -0.1) is 0 Å². The van der Waals surface area contributed by atoms with Crippen LogP contribution in [0.4, 0.5) is 18.0 Å².